The van der Waals surface area contributed by atoms with Gasteiger partial charge in [0.25, 0.3) is 0 Å². The third kappa shape index (κ3) is 5.02. The molecule has 1 amide bonds. The summed E-state index contributed by atoms with van der Waals surface area (Å²) in [6, 6.07) is 18.5. The van der Waals surface area contributed by atoms with E-state index in [-0.39, 0.29) is 18.6 Å². The number of halogens is 1. The lowest BCUT2D eigenvalue weighted by Crippen LogP contribution is -2.57. The number of fused-ring (bicyclic) bond motifs is 3. The Morgan fingerprint density at radius 2 is 1.70 bits per heavy atom. The van der Waals surface area contributed by atoms with Gasteiger partial charge in [-0.3, -0.25) is 4.98 Å². The lowest BCUT2D eigenvalue weighted by molar-refractivity contribution is -0.176. The molecule has 0 atom stereocenters. The average Bonchev–Trinajstić information content (AvgIpc) is 3.30. The highest BCUT2D eigenvalue weighted by atomic mass is 79.9. The van der Waals surface area contributed by atoms with E-state index in [0.717, 1.165) is 10.0 Å². The van der Waals surface area contributed by atoms with Crippen molar-refractivity contribution < 1.29 is 28.9 Å². The Labute approximate surface area is 241 Å². The van der Waals surface area contributed by atoms with Gasteiger partial charge in [0.15, 0.2) is 0 Å². The van der Waals surface area contributed by atoms with Crippen molar-refractivity contribution in [2.75, 3.05) is 32.9 Å². The van der Waals surface area contributed by atoms with Crippen molar-refractivity contribution in [3.8, 4) is 11.1 Å². The Balaban J connectivity index is 1.13. The molecule has 2 fully saturated rings. The maximum atomic E-state index is 13.3. The summed E-state index contributed by atoms with van der Waals surface area (Å²) in [6.45, 7) is 1.20. The first kappa shape index (κ1) is 26.9. The molecule has 0 unspecified atom stereocenters. The molecule has 1 aromatic heterocycles. The minimum Gasteiger partial charge on any atom is -0.480 e. The van der Waals surface area contributed by atoms with Crippen molar-refractivity contribution in [2.45, 2.75) is 42.8 Å². The zero-order valence-corrected chi connectivity index (χ0v) is 23.6. The van der Waals surface area contributed by atoms with E-state index in [9.17, 15) is 14.7 Å². The smallest absolute Gasteiger partial charge is 0.409 e. The van der Waals surface area contributed by atoms with Crippen LogP contribution in [0.25, 0.3) is 11.1 Å². The van der Waals surface area contributed by atoms with E-state index in [2.05, 4.69) is 45.2 Å². The van der Waals surface area contributed by atoms with Gasteiger partial charge in [-0.25, -0.2) is 9.59 Å². The van der Waals surface area contributed by atoms with Crippen LogP contribution in [0, 0.1) is 0 Å². The van der Waals surface area contributed by atoms with E-state index in [1.54, 1.807) is 17.3 Å². The topological polar surface area (TPSA) is 98.2 Å². The van der Waals surface area contributed by atoms with Gasteiger partial charge in [0.2, 0.25) is 0 Å². The van der Waals surface area contributed by atoms with Crippen molar-refractivity contribution >= 4 is 28.0 Å². The van der Waals surface area contributed by atoms with Crippen molar-refractivity contribution in [1.82, 2.24) is 9.88 Å². The van der Waals surface area contributed by atoms with Gasteiger partial charge in [0.1, 0.15) is 13.2 Å². The van der Waals surface area contributed by atoms with Crippen LogP contribution >= 0.6 is 15.9 Å². The maximum Gasteiger partial charge on any atom is 0.409 e. The number of aromatic nitrogens is 1. The molecule has 1 saturated carbocycles. The van der Waals surface area contributed by atoms with Crippen molar-refractivity contribution in [3.63, 3.8) is 0 Å². The predicted molar refractivity (Wildman–Crippen MR) is 151 cm³/mol. The molecule has 1 spiro atoms. The summed E-state index contributed by atoms with van der Waals surface area (Å²) < 4.78 is 19.1. The quantitative estimate of drug-likeness (QED) is 0.382. The molecule has 9 heteroatoms. The van der Waals surface area contributed by atoms with Crippen LogP contribution in [0.1, 0.15) is 48.3 Å². The highest BCUT2D eigenvalue weighted by Crippen LogP contribution is 2.48. The van der Waals surface area contributed by atoms with Crippen LogP contribution in [0.3, 0.4) is 0 Å². The molecule has 1 saturated heterocycles. The van der Waals surface area contributed by atoms with Gasteiger partial charge in [-0.15, -0.1) is 0 Å². The van der Waals surface area contributed by atoms with E-state index in [1.807, 2.05) is 30.3 Å². The molecule has 8 nitrogen and oxygen atoms in total. The minimum atomic E-state index is -1.01. The number of rotatable bonds is 6. The number of morpholine rings is 1. The number of benzene rings is 2. The van der Waals surface area contributed by atoms with E-state index < -0.39 is 23.8 Å². The summed E-state index contributed by atoms with van der Waals surface area (Å²) >= 11 is 3.57. The number of carbonyl (C=O) groups is 2. The van der Waals surface area contributed by atoms with Crippen molar-refractivity contribution in [2.24, 2.45) is 0 Å². The van der Waals surface area contributed by atoms with Crippen LogP contribution in [0.15, 0.2) is 71.5 Å². The summed E-state index contributed by atoms with van der Waals surface area (Å²) in [5.74, 6) is -1.01. The third-order valence-electron chi connectivity index (χ3n) is 8.55. The number of hydrogen-bond acceptors (Lipinski definition) is 6. The van der Waals surface area contributed by atoms with Crippen LogP contribution in [0.5, 0.6) is 0 Å². The lowest BCUT2D eigenvalue weighted by Gasteiger charge is -2.49. The number of carboxylic acid groups (broad SMARTS) is 1. The van der Waals surface area contributed by atoms with Crippen LogP contribution < -0.4 is 0 Å². The molecule has 40 heavy (non-hydrogen) atoms. The predicted octanol–water partition coefficient (Wildman–Crippen LogP) is 5.73. The van der Waals surface area contributed by atoms with Gasteiger partial charge >= 0.3 is 12.1 Å². The fraction of sp³-hybridized carbons (Fsp3) is 0.387. The zero-order valence-electron chi connectivity index (χ0n) is 22.1. The molecule has 2 aromatic carbocycles. The molecule has 3 aromatic rings. The average molecular weight is 608 g/mol. The standard InChI is InChI=1S/C31H31BrN2O6/c32-27-17-33-14-9-26(27)31(40-19-28(35)36)12-10-30(11-13-31)20-34(15-16-39-30)29(37)38-18-25-23-7-3-1-5-21(23)22-6-2-4-8-24(22)25/h1-9,14,17,25H,10-13,15-16,18-20H2,(H,35,36). The Kier molecular flexibility index (Phi) is 7.37. The summed E-state index contributed by atoms with van der Waals surface area (Å²) in [5, 5.41) is 9.32. The van der Waals surface area contributed by atoms with Gasteiger partial charge in [0, 0.05) is 34.9 Å². The van der Waals surface area contributed by atoms with Gasteiger partial charge in [-0.05, 0) is 69.9 Å². The molecule has 3 aliphatic rings. The van der Waals surface area contributed by atoms with Gasteiger partial charge in [-0.1, -0.05) is 48.5 Å². The van der Waals surface area contributed by atoms with Crippen LogP contribution in [-0.2, 0) is 24.6 Å². The fourth-order valence-electron chi connectivity index (χ4n) is 6.53. The summed E-state index contributed by atoms with van der Waals surface area (Å²) in [5.41, 5.74) is 4.33. The summed E-state index contributed by atoms with van der Waals surface area (Å²) in [7, 11) is 0. The molecular formula is C31H31BrN2O6. The monoisotopic (exact) mass is 606 g/mol. The highest BCUT2D eigenvalue weighted by Gasteiger charge is 2.49. The zero-order chi connectivity index (χ0) is 27.7. The molecule has 2 aliphatic carbocycles. The van der Waals surface area contributed by atoms with E-state index in [4.69, 9.17) is 14.2 Å². The SMILES string of the molecule is O=C(O)COC1(c2ccncc2Br)CCC2(CC1)CN(C(=O)OCC1c3ccccc3-c3ccccc31)CCO2. The Morgan fingerprint density at radius 1 is 1.02 bits per heavy atom. The molecule has 1 N–H and O–H groups in total. The number of nitrogens with zero attached hydrogens (tertiary/aromatic N) is 2. The second-order valence-electron chi connectivity index (χ2n) is 10.8. The third-order valence-corrected chi connectivity index (χ3v) is 9.18. The number of pyridine rings is 1. The summed E-state index contributed by atoms with van der Waals surface area (Å²) in [4.78, 5) is 30.6. The minimum absolute atomic E-state index is 0.00633. The lowest BCUT2D eigenvalue weighted by atomic mass is 9.72. The number of aliphatic carboxylic acids is 1. The first-order chi connectivity index (χ1) is 19.4. The Hall–Kier alpha value is -3.27. The van der Waals surface area contributed by atoms with E-state index in [0.29, 0.717) is 45.4 Å². The number of ether oxygens (including phenoxy) is 3. The second kappa shape index (κ2) is 11.0. The van der Waals surface area contributed by atoms with E-state index >= 15 is 0 Å². The number of hydrogen-bond donors (Lipinski definition) is 1. The van der Waals surface area contributed by atoms with Crippen molar-refractivity contribution in [3.05, 3.63) is 88.2 Å². The van der Waals surface area contributed by atoms with Crippen LogP contribution in [-0.4, -0.2) is 65.6 Å². The molecule has 208 valence electrons. The number of carboxylic acids is 1. The Morgan fingerprint density at radius 3 is 2.35 bits per heavy atom. The van der Waals surface area contributed by atoms with Gasteiger partial charge in [0.05, 0.1) is 24.4 Å². The van der Waals surface area contributed by atoms with Gasteiger partial charge < -0.3 is 24.2 Å². The normalized spacial score (nSPS) is 24.0. The first-order valence-electron chi connectivity index (χ1n) is 13.6. The fourth-order valence-corrected chi connectivity index (χ4v) is 7.15. The summed E-state index contributed by atoms with van der Waals surface area (Å²) in [6.07, 6.45) is 5.40. The molecular weight excluding hydrogens is 576 g/mol. The molecule has 2 heterocycles. The van der Waals surface area contributed by atoms with Gasteiger partial charge in [-0.2, -0.15) is 0 Å². The molecule has 6 rings (SSSR count). The number of amides is 1. The molecule has 0 bridgehead atoms. The first-order valence-corrected chi connectivity index (χ1v) is 14.4. The largest absolute Gasteiger partial charge is 0.480 e. The molecule has 0 radical (unpaired) electrons. The van der Waals surface area contributed by atoms with Crippen LogP contribution in [0.2, 0.25) is 0 Å². The van der Waals surface area contributed by atoms with Crippen molar-refractivity contribution in [1.29, 1.82) is 0 Å². The van der Waals surface area contributed by atoms with Crippen LogP contribution in [0.4, 0.5) is 4.79 Å². The Bertz CT molecular complexity index is 1370. The second-order valence-corrected chi connectivity index (χ2v) is 11.6. The number of carbonyl (C=O) groups excluding carboxylic acids is 1. The highest BCUT2D eigenvalue weighted by molar-refractivity contribution is 9.10. The molecule has 1 aliphatic heterocycles. The maximum absolute atomic E-state index is 13.3. The van der Waals surface area contributed by atoms with E-state index in [1.165, 1.54) is 22.3 Å².